The first-order chi connectivity index (χ1) is 9.19. The fourth-order valence-electron chi connectivity index (χ4n) is 2.67. The number of hydrogen-bond donors (Lipinski definition) is 1. The van der Waals surface area contributed by atoms with Crippen molar-refractivity contribution >= 4 is 11.8 Å². The van der Waals surface area contributed by atoms with Gasteiger partial charge in [-0.3, -0.25) is 14.5 Å². The minimum absolute atomic E-state index is 0.345. The van der Waals surface area contributed by atoms with Gasteiger partial charge in [-0.25, -0.2) is 0 Å². The van der Waals surface area contributed by atoms with E-state index < -0.39 is 11.3 Å². The quantitative estimate of drug-likeness (QED) is 0.851. The highest BCUT2D eigenvalue weighted by molar-refractivity contribution is 6.21. The van der Waals surface area contributed by atoms with Gasteiger partial charge in [-0.15, -0.1) is 0 Å². The number of benzene rings is 1. The first-order valence-electron chi connectivity index (χ1n) is 6.51. The van der Waals surface area contributed by atoms with Gasteiger partial charge in [-0.1, -0.05) is 12.1 Å². The molecule has 0 aliphatic carbocycles. The van der Waals surface area contributed by atoms with E-state index in [0.717, 1.165) is 4.90 Å². The number of rotatable bonds is 4. The van der Waals surface area contributed by atoms with Gasteiger partial charge in [0.1, 0.15) is 0 Å². The predicted octanol–water partition coefficient (Wildman–Crippen LogP) is 1.77. The Kier molecular flexibility index (Phi) is 3.44. The maximum Gasteiger partial charge on any atom is 0.263 e. The van der Waals surface area contributed by atoms with E-state index in [4.69, 9.17) is 10.5 Å². The SMILES string of the molecule is COC(C)(C)CC(C)(N)N1C(=O)c2ccccc2C1=O. The highest BCUT2D eigenvalue weighted by Gasteiger charge is 2.46. The van der Waals surface area contributed by atoms with Crippen molar-refractivity contribution in [1.29, 1.82) is 0 Å². The van der Waals surface area contributed by atoms with Crippen molar-refractivity contribution in [3.63, 3.8) is 0 Å². The number of fused-ring (bicyclic) bond motifs is 1. The molecule has 0 fully saturated rings. The standard InChI is InChI=1S/C15H20N2O3/c1-14(2,20-4)9-15(3,16)17-12(18)10-7-5-6-8-11(10)13(17)19/h5-8H,9,16H2,1-4H3. The molecule has 5 heteroatoms. The second-order valence-electron chi connectivity index (χ2n) is 5.99. The van der Waals surface area contributed by atoms with Gasteiger partial charge in [0.2, 0.25) is 0 Å². The van der Waals surface area contributed by atoms with Gasteiger partial charge in [-0.05, 0) is 32.9 Å². The van der Waals surface area contributed by atoms with Crippen LogP contribution in [0.15, 0.2) is 24.3 Å². The molecule has 5 nitrogen and oxygen atoms in total. The van der Waals surface area contributed by atoms with Crippen LogP contribution in [0, 0.1) is 0 Å². The van der Waals surface area contributed by atoms with Crippen LogP contribution in [0.3, 0.4) is 0 Å². The third-order valence-electron chi connectivity index (χ3n) is 3.64. The lowest BCUT2D eigenvalue weighted by molar-refractivity contribution is -0.0238. The summed E-state index contributed by atoms with van der Waals surface area (Å²) in [5, 5.41) is 0. The van der Waals surface area contributed by atoms with E-state index in [1.165, 1.54) is 0 Å². The number of methoxy groups -OCH3 is 1. The van der Waals surface area contributed by atoms with E-state index in [1.807, 2.05) is 13.8 Å². The molecule has 1 aliphatic heterocycles. The summed E-state index contributed by atoms with van der Waals surface area (Å²) in [5.41, 5.74) is 5.43. The zero-order valence-corrected chi connectivity index (χ0v) is 12.3. The minimum Gasteiger partial charge on any atom is -0.379 e. The van der Waals surface area contributed by atoms with Crippen LogP contribution in [0.4, 0.5) is 0 Å². The Labute approximate surface area is 118 Å². The van der Waals surface area contributed by atoms with Crippen LogP contribution in [0.5, 0.6) is 0 Å². The fourth-order valence-corrected chi connectivity index (χ4v) is 2.67. The van der Waals surface area contributed by atoms with Crippen LogP contribution in [-0.2, 0) is 4.74 Å². The Balaban J connectivity index is 2.36. The van der Waals surface area contributed by atoms with Crippen molar-refractivity contribution in [2.24, 2.45) is 5.73 Å². The van der Waals surface area contributed by atoms with Crippen molar-refractivity contribution in [2.75, 3.05) is 7.11 Å². The van der Waals surface area contributed by atoms with E-state index in [9.17, 15) is 9.59 Å². The summed E-state index contributed by atoms with van der Waals surface area (Å²) in [6.45, 7) is 5.42. The summed E-state index contributed by atoms with van der Waals surface area (Å²) in [7, 11) is 1.58. The lowest BCUT2D eigenvalue weighted by Crippen LogP contribution is -2.59. The number of carbonyl (C=O) groups excluding carboxylic acids is 2. The van der Waals surface area contributed by atoms with Gasteiger partial charge >= 0.3 is 0 Å². The van der Waals surface area contributed by atoms with E-state index in [2.05, 4.69) is 0 Å². The van der Waals surface area contributed by atoms with Gasteiger partial charge in [-0.2, -0.15) is 0 Å². The van der Waals surface area contributed by atoms with Gasteiger partial charge in [0.15, 0.2) is 0 Å². The molecule has 0 bridgehead atoms. The van der Waals surface area contributed by atoms with Gasteiger partial charge in [0, 0.05) is 13.5 Å². The number of hydrogen-bond acceptors (Lipinski definition) is 4. The first kappa shape index (κ1) is 14.7. The minimum atomic E-state index is -1.10. The average molecular weight is 276 g/mol. The molecule has 1 aliphatic rings. The monoisotopic (exact) mass is 276 g/mol. The molecule has 108 valence electrons. The predicted molar refractivity (Wildman–Crippen MR) is 75.2 cm³/mol. The van der Waals surface area contributed by atoms with Crippen LogP contribution in [0.25, 0.3) is 0 Å². The van der Waals surface area contributed by atoms with E-state index >= 15 is 0 Å². The maximum atomic E-state index is 12.4. The van der Waals surface area contributed by atoms with Gasteiger partial charge < -0.3 is 10.5 Å². The third kappa shape index (κ3) is 2.34. The summed E-state index contributed by atoms with van der Waals surface area (Å²) in [4.78, 5) is 26.0. The molecule has 1 unspecified atom stereocenters. The molecule has 2 amide bonds. The Morgan fingerprint density at radius 1 is 1.10 bits per heavy atom. The molecule has 0 spiro atoms. The Morgan fingerprint density at radius 2 is 1.55 bits per heavy atom. The molecule has 0 saturated carbocycles. The Morgan fingerprint density at radius 3 is 1.95 bits per heavy atom. The molecule has 1 atom stereocenters. The number of amides is 2. The average Bonchev–Trinajstić information content (AvgIpc) is 2.62. The van der Waals surface area contributed by atoms with E-state index in [-0.39, 0.29) is 11.8 Å². The normalized spacial score (nSPS) is 18.1. The smallest absolute Gasteiger partial charge is 0.263 e. The van der Waals surface area contributed by atoms with Crippen molar-refractivity contribution in [2.45, 2.75) is 38.5 Å². The Hall–Kier alpha value is -1.72. The second kappa shape index (κ2) is 4.68. The molecule has 2 rings (SSSR count). The van der Waals surface area contributed by atoms with E-state index in [0.29, 0.717) is 17.5 Å². The second-order valence-corrected chi connectivity index (χ2v) is 5.99. The summed E-state index contributed by atoms with van der Waals surface area (Å²) in [6, 6.07) is 6.77. The van der Waals surface area contributed by atoms with Crippen LogP contribution < -0.4 is 5.73 Å². The van der Waals surface area contributed by atoms with Crippen molar-refractivity contribution in [1.82, 2.24) is 4.90 Å². The first-order valence-corrected chi connectivity index (χ1v) is 6.51. The summed E-state index contributed by atoms with van der Waals surface area (Å²) < 4.78 is 5.35. The number of carbonyl (C=O) groups is 2. The van der Waals surface area contributed by atoms with Crippen LogP contribution in [0.2, 0.25) is 0 Å². The third-order valence-corrected chi connectivity index (χ3v) is 3.64. The van der Waals surface area contributed by atoms with Crippen molar-refractivity contribution in [3.8, 4) is 0 Å². The van der Waals surface area contributed by atoms with Crippen molar-refractivity contribution in [3.05, 3.63) is 35.4 Å². The number of imide groups is 1. The molecule has 0 saturated heterocycles. The van der Waals surface area contributed by atoms with Gasteiger partial charge in [0.05, 0.1) is 22.4 Å². The molecular formula is C15H20N2O3. The Bertz CT molecular complexity index is 529. The maximum absolute atomic E-state index is 12.4. The lowest BCUT2D eigenvalue weighted by atomic mass is 9.94. The van der Waals surface area contributed by atoms with Crippen LogP contribution in [0.1, 0.15) is 47.9 Å². The van der Waals surface area contributed by atoms with Crippen LogP contribution in [-0.4, -0.2) is 35.1 Å². The molecule has 0 radical (unpaired) electrons. The zero-order chi connectivity index (χ0) is 15.1. The van der Waals surface area contributed by atoms with Crippen molar-refractivity contribution < 1.29 is 14.3 Å². The lowest BCUT2D eigenvalue weighted by Gasteiger charge is -2.39. The zero-order valence-electron chi connectivity index (χ0n) is 12.3. The van der Waals surface area contributed by atoms with E-state index in [1.54, 1.807) is 38.3 Å². The molecule has 0 aromatic heterocycles. The molecular weight excluding hydrogens is 256 g/mol. The highest BCUT2D eigenvalue weighted by atomic mass is 16.5. The summed E-state index contributed by atoms with van der Waals surface area (Å²) in [5.74, 6) is -0.690. The number of nitrogens with two attached hydrogens (primary N) is 1. The topological polar surface area (TPSA) is 72.6 Å². The summed E-state index contributed by atoms with van der Waals surface area (Å²) in [6.07, 6.45) is 0.349. The summed E-state index contributed by atoms with van der Waals surface area (Å²) >= 11 is 0. The fraction of sp³-hybridized carbons (Fsp3) is 0.467. The molecule has 1 heterocycles. The largest absolute Gasteiger partial charge is 0.379 e. The highest BCUT2D eigenvalue weighted by Crippen LogP contribution is 2.32. The molecule has 1 aromatic rings. The number of ether oxygens (including phenoxy) is 1. The molecule has 20 heavy (non-hydrogen) atoms. The number of nitrogens with zero attached hydrogens (tertiary/aromatic N) is 1. The van der Waals surface area contributed by atoms with Crippen LogP contribution >= 0.6 is 0 Å². The van der Waals surface area contributed by atoms with Gasteiger partial charge in [0.25, 0.3) is 11.8 Å². The molecule has 2 N–H and O–H groups in total. The molecule has 1 aromatic carbocycles.